The highest BCUT2D eigenvalue weighted by Gasteiger charge is 2.27. The van der Waals surface area contributed by atoms with Gasteiger partial charge in [-0.25, -0.2) is 9.78 Å². The number of esters is 1. The van der Waals surface area contributed by atoms with Crippen molar-refractivity contribution in [3.8, 4) is 0 Å². The second-order valence-corrected chi connectivity index (χ2v) is 8.84. The molecule has 35 heavy (non-hydrogen) atoms. The van der Waals surface area contributed by atoms with Crippen molar-refractivity contribution >= 4 is 34.3 Å². The molecule has 2 N–H and O–H groups in total. The van der Waals surface area contributed by atoms with Crippen LogP contribution >= 0.6 is 0 Å². The molecule has 0 aliphatic rings. The number of aryl methyl sites for hydroxylation is 3. The number of carbonyl (C=O) groups excluding carboxylic acids is 2. The van der Waals surface area contributed by atoms with Crippen molar-refractivity contribution in [1.82, 2.24) is 19.3 Å². The zero-order valence-electron chi connectivity index (χ0n) is 20.6. The Morgan fingerprint density at radius 2 is 2.09 bits per heavy atom. The highest BCUT2D eigenvalue weighted by molar-refractivity contribution is 6.14. The SMILES string of the molecule is COC(=O)c1c(NC(=O)c2ccco2)c2cc(NCc3cn(C)nc3C)cnc2n1CCC(C)C. The number of anilines is 2. The van der Waals surface area contributed by atoms with Gasteiger partial charge in [-0.05, 0) is 37.5 Å². The fraction of sp³-hybridized carbons (Fsp3) is 0.360. The van der Waals surface area contributed by atoms with Gasteiger partial charge in [0.15, 0.2) is 11.5 Å². The van der Waals surface area contributed by atoms with Crippen LogP contribution in [0.5, 0.6) is 0 Å². The van der Waals surface area contributed by atoms with Gasteiger partial charge in [-0.3, -0.25) is 9.48 Å². The van der Waals surface area contributed by atoms with Crippen LogP contribution in [0.25, 0.3) is 11.0 Å². The van der Waals surface area contributed by atoms with E-state index in [0.29, 0.717) is 35.7 Å². The largest absolute Gasteiger partial charge is 0.464 e. The molecule has 4 rings (SSSR count). The van der Waals surface area contributed by atoms with Crippen LogP contribution in [0.1, 0.15) is 52.6 Å². The Morgan fingerprint density at radius 3 is 2.71 bits per heavy atom. The highest BCUT2D eigenvalue weighted by Crippen LogP contribution is 2.33. The van der Waals surface area contributed by atoms with Gasteiger partial charge in [0.2, 0.25) is 0 Å². The Kier molecular flexibility index (Phi) is 6.90. The first kappa shape index (κ1) is 24.1. The minimum absolute atomic E-state index is 0.137. The van der Waals surface area contributed by atoms with Gasteiger partial charge in [0.25, 0.3) is 5.91 Å². The van der Waals surface area contributed by atoms with E-state index in [2.05, 4.69) is 34.6 Å². The number of pyridine rings is 1. The molecule has 0 spiro atoms. The zero-order chi connectivity index (χ0) is 25.1. The van der Waals surface area contributed by atoms with Crippen molar-refractivity contribution in [2.75, 3.05) is 17.7 Å². The molecule has 0 aromatic carbocycles. The molecule has 0 aliphatic heterocycles. The maximum atomic E-state index is 12.9. The minimum atomic E-state index is -0.554. The second kappa shape index (κ2) is 10.0. The van der Waals surface area contributed by atoms with E-state index in [1.54, 1.807) is 23.0 Å². The van der Waals surface area contributed by atoms with Crippen LogP contribution in [0.15, 0.2) is 41.3 Å². The van der Waals surface area contributed by atoms with E-state index in [-0.39, 0.29) is 11.5 Å². The summed E-state index contributed by atoms with van der Waals surface area (Å²) in [5, 5.41) is 11.2. The Morgan fingerprint density at radius 1 is 1.29 bits per heavy atom. The summed E-state index contributed by atoms with van der Waals surface area (Å²) in [7, 11) is 3.20. The number of ether oxygens (including phenoxy) is 1. The van der Waals surface area contributed by atoms with Gasteiger partial charge in [-0.2, -0.15) is 5.10 Å². The smallest absolute Gasteiger partial charge is 0.356 e. The molecule has 184 valence electrons. The zero-order valence-corrected chi connectivity index (χ0v) is 20.6. The molecule has 4 aromatic rings. The number of carbonyl (C=O) groups is 2. The molecule has 0 unspecified atom stereocenters. The van der Waals surface area contributed by atoms with Crippen LogP contribution in [-0.4, -0.2) is 38.3 Å². The second-order valence-electron chi connectivity index (χ2n) is 8.84. The van der Waals surface area contributed by atoms with Crippen LogP contribution in [0, 0.1) is 12.8 Å². The predicted molar refractivity (Wildman–Crippen MR) is 132 cm³/mol. The van der Waals surface area contributed by atoms with E-state index >= 15 is 0 Å². The number of nitrogens with zero attached hydrogens (tertiary/aromatic N) is 4. The van der Waals surface area contributed by atoms with E-state index in [9.17, 15) is 9.59 Å². The van der Waals surface area contributed by atoms with Crippen molar-refractivity contribution in [2.45, 2.75) is 40.3 Å². The van der Waals surface area contributed by atoms with Crippen LogP contribution in [0.3, 0.4) is 0 Å². The van der Waals surface area contributed by atoms with E-state index in [1.165, 1.54) is 13.4 Å². The predicted octanol–water partition coefficient (Wildman–Crippen LogP) is 4.37. The van der Waals surface area contributed by atoms with E-state index in [0.717, 1.165) is 23.4 Å². The van der Waals surface area contributed by atoms with E-state index in [4.69, 9.17) is 9.15 Å². The molecule has 0 fully saturated rings. The number of fused-ring (bicyclic) bond motifs is 1. The van der Waals surface area contributed by atoms with Gasteiger partial charge >= 0.3 is 5.97 Å². The van der Waals surface area contributed by atoms with Crippen LogP contribution in [0.4, 0.5) is 11.4 Å². The Balaban J connectivity index is 1.78. The maximum absolute atomic E-state index is 12.9. The Hall–Kier alpha value is -4.08. The lowest BCUT2D eigenvalue weighted by molar-refractivity contribution is 0.0589. The summed E-state index contributed by atoms with van der Waals surface area (Å²) in [6.07, 6.45) is 5.92. The number of hydrogen-bond acceptors (Lipinski definition) is 7. The summed E-state index contributed by atoms with van der Waals surface area (Å²) >= 11 is 0. The number of amides is 1. The van der Waals surface area contributed by atoms with Gasteiger partial charge in [0.05, 0.1) is 36.6 Å². The molecular weight excluding hydrogens is 448 g/mol. The van der Waals surface area contributed by atoms with Gasteiger partial charge in [-0.1, -0.05) is 13.8 Å². The number of methoxy groups -OCH3 is 1. The first-order chi connectivity index (χ1) is 16.8. The summed E-state index contributed by atoms with van der Waals surface area (Å²) in [4.78, 5) is 30.4. The molecule has 0 bridgehead atoms. The lowest BCUT2D eigenvalue weighted by Crippen LogP contribution is -2.17. The summed E-state index contributed by atoms with van der Waals surface area (Å²) in [5.74, 6) is -0.477. The molecule has 0 radical (unpaired) electrons. The molecule has 10 nitrogen and oxygen atoms in total. The maximum Gasteiger partial charge on any atom is 0.356 e. The van der Waals surface area contributed by atoms with Crippen LogP contribution in [-0.2, 0) is 24.9 Å². The molecule has 0 saturated carbocycles. The minimum Gasteiger partial charge on any atom is -0.464 e. The normalized spacial score (nSPS) is 11.3. The average molecular weight is 479 g/mol. The molecule has 0 aliphatic carbocycles. The van der Waals surface area contributed by atoms with Crippen molar-refractivity contribution in [3.63, 3.8) is 0 Å². The first-order valence-corrected chi connectivity index (χ1v) is 11.5. The number of nitrogens with one attached hydrogen (secondary N) is 2. The number of hydrogen-bond donors (Lipinski definition) is 2. The standard InChI is InChI=1S/C25H30N6O4/c1-15(2)8-9-31-22(25(33)34-5)21(28-24(32)20-7-6-10-35-20)19-11-18(13-27-23(19)31)26-12-17-14-30(4)29-16(17)3/h6-7,10-11,13-15,26H,8-9,12H2,1-5H3,(H,28,32). The summed E-state index contributed by atoms with van der Waals surface area (Å²) < 4.78 is 13.9. The fourth-order valence-electron chi connectivity index (χ4n) is 3.96. The van der Waals surface area contributed by atoms with Gasteiger partial charge in [0.1, 0.15) is 5.65 Å². The van der Waals surface area contributed by atoms with E-state index in [1.807, 2.05) is 30.8 Å². The molecule has 4 heterocycles. The third kappa shape index (κ3) is 5.06. The highest BCUT2D eigenvalue weighted by atomic mass is 16.5. The summed E-state index contributed by atoms with van der Waals surface area (Å²) in [5.41, 5.74) is 3.91. The molecule has 1 amide bonds. The van der Waals surface area contributed by atoms with Crippen molar-refractivity contribution < 1.29 is 18.7 Å². The Labute approximate surface area is 203 Å². The monoisotopic (exact) mass is 478 g/mol. The first-order valence-electron chi connectivity index (χ1n) is 11.5. The lowest BCUT2D eigenvalue weighted by atomic mass is 10.1. The topological polar surface area (TPSA) is 116 Å². The number of aromatic nitrogens is 4. The van der Waals surface area contributed by atoms with Crippen LogP contribution < -0.4 is 10.6 Å². The molecule has 10 heteroatoms. The third-order valence-electron chi connectivity index (χ3n) is 5.79. The fourth-order valence-corrected chi connectivity index (χ4v) is 3.96. The van der Waals surface area contributed by atoms with Gasteiger partial charge in [0, 0.05) is 37.3 Å². The molecule has 0 atom stereocenters. The number of rotatable bonds is 9. The lowest BCUT2D eigenvalue weighted by Gasteiger charge is -2.12. The van der Waals surface area contributed by atoms with Crippen LogP contribution in [0.2, 0.25) is 0 Å². The van der Waals surface area contributed by atoms with Crippen molar-refractivity contribution in [3.05, 3.63) is 59.6 Å². The third-order valence-corrected chi connectivity index (χ3v) is 5.79. The quantitative estimate of drug-likeness (QED) is 0.343. The van der Waals surface area contributed by atoms with E-state index < -0.39 is 11.9 Å². The number of furan rings is 1. The average Bonchev–Trinajstić information content (AvgIpc) is 3.54. The summed E-state index contributed by atoms with van der Waals surface area (Å²) in [6.45, 7) is 7.28. The Bertz CT molecular complexity index is 1350. The summed E-state index contributed by atoms with van der Waals surface area (Å²) in [6, 6.07) is 5.07. The van der Waals surface area contributed by atoms with Crippen molar-refractivity contribution in [2.24, 2.45) is 13.0 Å². The van der Waals surface area contributed by atoms with Crippen molar-refractivity contribution in [1.29, 1.82) is 0 Å². The molecule has 4 aromatic heterocycles. The molecular formula is C25H30N6O4. The van der Waals surface area contributed by atoms with Gasteiger partial charge in [-0.15, -0.1) is 0 Å². The molecule has 0 saturated heterocycles. The van der Waals surface area contributed by atoms with Gasteiger partial charge < -0.3 is 24.4 Å².